The van der Waals surface area contributed by atoms with Crippen LogP contribution in [0.15, 0.2) is 53.4 Å². The topological polar surface area (TPSA) is 66.8 Å². The molecule has 1 heterocycles. The van der Waals surface area contributed by atoms with Crippen molar-refractivity contribution in [2.45, 2.75) is 19.4 Å². The summed E-state index contributed by atoms with van der Waals surface area (Å²) in [4.78, 5) is 25.6. The highest BCUT2D eigenvalue weighted by atomic mass is 32.2. The van der Waals surface area contributed by atoms with E-state index in [2.05, 4.69) is 0 Å². The standard InChI is InChI=1S/C20H16FNO4S2/c1-2-16(19(24)25)26-15-9-3-12(4-10-15)11-17-18(23)22(20(27)28-17)14-7-5-13(21)6-8-14/h3-11,16H,2H2,1H3,(H,24,25)/b17-11+. The van der Waals surface area contributed by atoms with Crippen LogP contribution in [0.3, 0.4) is 0 Å². The van der Waals surface area contributed by atoms with Crippen molar-refractivity contribution in [1.29, 1.82) is 0 Å². The molecule has 0 spiro atoms. The smallest absolute Gasteiger partial charge is 0.344 e. The van der Waals surface area contributed by atoms with Crippen molar-refractivity contribution in [1.82, 2.24) is 0 Å². The lowest BCUT2D eigenvalue weighted by atomic mass is 10.2. The van der Waals surface area contributed by atoms with E-state index in [0.717, 1.165) is 17.3 Å². The number of ether oxygens (including phenoxy) is 1. The SMILES string of the molecule is CCC(Oc1ccc(/C=C2/SC(=S)N(c3ccc(F)cc3)C2=O)cc1)C(=O)O. The molecule has 5 nitrogen and oxygen atoms in total. The third-order valence-corrected chi connectivity index (χ3v) is 5.28. The average molecular weight is 417 g/mol. The maximum absolute atomic E-state index is 13.1. The van der Waals surface area contributed by atoms with Gasteiger partial charge in [-0.25, -0.2) is 9.18 Å². The fourth-order valence-corrected chi connectivity index (χ4v) is 3.85. The Balaban J connectivity index is 1.76. The normalized spacial score (nSPS) is 16.5. The molecule has 2 aromatic rings. The van der Waals surface area contributed by atoms with Crippen LogP contribution in [0.1, 0.15) is 18.9 Å². The van der Waals surface area contributed by atoms with Crippen LogP contribution in [0.2, 0.25) is 0 Å². The molecule has 3 rings (SSSR count). The molecular weight excluding hydrogens is 401 g/mol. The molecule has 2 aromatic carbocycles. The maximum atomic E-state index is 13.1. The van der Waals surface area contributed by atoms with Gasteiger partial charge in [0.2, 0.25) is 0 Å². The molecule has 28 heavy (non-hydrogen) atoms. The lowest BCUT2D eigenvalue weighted by Gasteiger charge is -2.14. The number of rotatable bonds is 6. The first-order valence-corrected chi connectivity index (χ1v) is 9.64. The van der Waals surface area contributed by atoms with Gasteiger partial charge < -0.3 is 9.84 Å². The van der Waals surface area contributed by atoms with E-state index < -0.39 is 12.1 Å². The molecular formula is C20H16FNO4S2. The minimum Gasteiger partial charge on any atom is -0.479 e. The highest BCUT2D eigenvalue weighted by Crippen LogP contribution is 2.36. The predicted molar refractivity (Wildman–Crippen MR) is 111 cm³/mol. The number of carbonyl (C=O) groups is 2. The van der Waals surface area contributed by atoms with Crippen molar-refractivity contribution in [2.24, 2.45) is 0 Å². The van der Waals surface area contributed by atoms with Gasteiger partial charge in [0.1, 0.15) is 11.6 Å². The third kappa shape index (κ3) is 4.40. The Bertz CT molecular complexity index is 942. The zero-order chi connectivity index (χ0) is 20.3. The highest BCUT2D eigenvalue weighted by molar-refractivity contribution is 8.27. The molecule has 1 N–H and O–H groups in total. The van der Waals surface area contributed by atoms with Crippen LogP contribution in [0, 0.1) is 5.82 Å². The summed E-state index contributed by atoms with van der Waals surface area (Å²) >= 11 is 6.45. The van der Waals surface area contributed by atoms with Gasteiger partial charge in [0.05, 0.1) is 10.6 Å². The maximum Gasteiger partial charge on any atom is 0.344 e. The summed E-state index contributed by atoms with van der Waals surface area (Å²) in [5, 5.41) is 9.05. The van der Waals surface area contributed by atoms with Crippen molar-refractivity contribution in [3.8, 4) is 5.75 Å². The Kier molecular flexibility index (Phi) is 6.11. The first kappa shape index (κ1) is 20.0. The summed E-state index contributed by atoms with van der Waals surface area (Å²) < 4.78 is 18.9. The zero-order valence-corrected chi connectivity index (χ0v) is 16.4. The van der Waals surface area contributed by atoms with Gasteiger partial charge in [-0.3, -0.25) is 9.69 Å². The van der Waals surface area contributed by atoms with Crippen LogP contribution >= 0.6 is 24.0 Å². The Morgan fingerprint density at radius 1 is 1.25 bits per heavy atom. The molecule has 1 amide bonds. The molecule has 1 unspecified atom stereocenters. The average Bonchev–Trinajstić information content (AvgIpc) is 2.95. The van der Waals surface area contributed by atoms with Crippen LogP contribution in [0.4, 0.5) is 10.1 Å². The van der Waals surface area contributed by atoms with Crippen molar-refractivity contribution in [3.05, 3.63) is 64.8 Å². The quantitative estimate of drug-likeness (QED) is 0.552. The monoisotopic (exact) mass is 417 g/mol. The largest absolute Gasteiger partial charge is 0.479 e. The Labute approximate surface area is 170 Å². The van der Waals surface area contributed by atoms with Crippen LogP contribution in [0.5, 0.6) is 5.75 Å². The van der Waals surface area contributed by atoms with Crippen LogP contribution in [-0.4, -0.2) is 27.4 Å². The van der Waals surface area contributed by atoms with Gasteiger partial charge >= 0.3 is 5.97 Å². The van der Waals surface area contributed by atoms with E-state index in [0.29, 0.717) is 27.1 Å². The number of anilines is 1. The molecule has 0 bridgehead atoms. The first-order chi connectivity index (χ1) is 13.4. The molecule has 1 atom stereocenters. The predicted octanol–water partition coefficient (Wildman–Crippen LogP) is 4.47. The summed E-state index contributed by atoms with van der Waals surface area (Å²) in [5.41, 5.74) is 1.26. The lowest BCUT2D eigenvalue weighted by Crippen LogP contribution is -2.27. The molecule has 1 aliphatic rings. The lowest BCUT2D eigenvalue weighted by molar-refractivity contribution is -0.145. The van der Waals surface area contributed by atoms with E-state index in [-0.39, 0.29) is 11.7 Å². The molecule has 1 fully saturated rings. The highest BCUT2D eigenvalue weighted by Gasteiger charge is 2.33. The van der Waals surface area contributed by atoms with E-state index in [1.54, 1.807) is 37.3 Å². The van der Waals surface area contributed by atoms with Gasteiger partial charge in [0, 0.05) is 0 Å². The number of halogens is 1. The number of carboxylic acids is 1. The van der Waals surface area contributed by atoms with E-state index in [1.807, 2.05) is 0 Å². The number of thiocarbonyl (C=S) groups is 1. The van der Waals surface area contributed by atoms with Gasteiger partial charge in [0.15, 0.2) is 10.4 Å². The minimum absolute atomic E-state index is 0.279. The second-order valence-electron chi connectivity index (χ2n) is 5.92. The van der Waals surface area contributed by atoms with Crippen molar-refractivity contribution < 1.29 is 23.8 Å². The summed E-state index contributed by atoms with van der Waals surface area (Å²) in [5.74, 6) is -1.25. The number of hydrogen-bond donors (Lipinski definition) is 1. The van der Waals surface area contributed by atoms with Crippen LogP contribution in [0.25, 0.3) is 6.08 Å². The summed E-state index contributed by atoms with van der Waals surface area (Å²) in [6.07, 6.45) is 1.14. The molecule has 0 aliphatic carbocycles. The van der Waals surface area contributed by atoms with Gasteiger partial charge in [-0.1, -0.05) is 43.0 Å². The Hall–Kier alpha value is -2.71. The van der Waals surface area contributed by atoms with Gasteiger partial charge in [0.25, 0.3) is 5.91 Å². The Morgan fingerprint density at radius 3 is 2.46 bits per heavy atom. The number of benzene rings is 2. The second-order valence-corrected chi connectivity index (χ2v) is 7.59. The first-order valence-electron chi connectivity index (χ1n) is 8.42. The number of aliphatic carboxylic acids is 1. The van der Waals surface area contributed by atoms with E-state index in [4.69, 9.17) is 22.1 Å². The van der Waals surface area contributed by atoms with Crippen molar-refractivity contribution >= 4 is 51.9 Å². The summed E-state index contributed by atoms with van der Waals surface area (Å²) in [6.45, 7) is 1.73. The van der Waals surface area contributed by atoms with Crippen molar-refractivity contribution in [2.75, 3.05) is 4.90 Å². The minimum atomic E-state index is -1.02. The molecule has 144 valence electrons. The second kappa shape index (κ2) is 8.53. The van der Waals surface area contributed by atoms with Crippen LogP contribution in [-0.2, 0) is 9.59 Å². The fourth-order valence-electron chi connectivity index (χ4n) is 2.55. The summed E-state index contributed by atoms with van der Waals surface area (Å²) in [6, 6.07) is 12.3. The molecule has 8 heteroatoms. The number of carbonyl (C=O) groups excluding carboxylic acids is 1. The third-order valence-electron chi connectivity index (χ3n) is 3.98. The number of amides is 1. The van der Waals surface area contributed by atoms with Gasteiger partial charge in [-0.2, -0.15) is 0 Å². The number of hydrogen-bond acceptors (Lipinski definition) is 5. The number of thioether (sulfide) groups is 1. The van der Waals surface area contributed by atoms with E-state index >= 15 is 0 Å². The van der Waals surface area contributed by atoms with Gasteiger partial charge in [-0.05, 0) is 54.5 Å². The zero-order valence-electron chi connectivity index (χ0n) is 14.8. The number of nitrogens with zero attached hydrogens (tertiary/aromatic N) is 1. The molecule has 0 saturated carbocycles. The molecule has 1 saturated heterocycles. The number of carboxylic acid groups (broad SMARTS) is 1. The van der Waals surface area contributed by atoms with E-state index in [1.165, 1.54) is 29.2 Å². The van der Waals surface area contributed by atoms with Crippen molar-refractivity contribution in [3.63, 3.8) is 0 Å². The van der Waals surface area contributed by atoms with Gasteiger partial charge in [-0.15, -0.1) is 0 Å². The molecule has 0 radical (unpaired) electrons. The Morgan fingerprint density at radius 2 is 1.89 bits per heavy atom. The molecule has 1 aliphatic heterocycles. The van der Waals surface area contributed by atoms with Crippen LogP contribution < -0.4 is 9.64 Å². The van der Waals surface area contributed by atoms with E-state index in [9.17, 15) is 14.0 Å². The summed E-state index contributed by atoms with van der Waals surface area (Å²) in [7, 11) is 0. The molecule has 0 aromatic heterocycles. The fraction of sp³-hybridized carbons (Fsp3) is 0.150.